The lowest BCUT2D eigenvalue weighted by Gasteiger charge is -2.25. The van der Waals surface area contributed by atoms with Gasteiger partial charge in [0.25, 0.3) is 5.91 Å². The molecule has 2 rings (SSSR count). The third-order valence-electron chi connectivity index (χ3n) is 3.32. The van der Waals surface area contributed by atoms with Gasteiger partial charge in [0.15, 0.2) is 0 Å². The number of rotatable bonds is 4. The minimum absolute atomic E-state index is 0.160. The van der Waals surface area contributed by atoms with Gasteiger partial charge in [0, 0.05) is 18.9 Å². The van der Waals surface area contributed by atoms with Crippen LogP contribution in [0.4, 0.5) is 0 Å². The highest BCUT2D eigenvalue weighted by molar-refractivity contribution is 5.90. The molecule has 0 aliphatic heterocycles. The van der Waals surface area contributed by atoms with E-state index in [4.69, 9.17) is 0 Å². The molecule has 0 radical (unpaired) electrons. The highest BCUT2D eigenvalue weighted by Crippen LogP contribution is 2.25. The van der Waals surface area contributed by atoms with Crippen molar-refractivity contribution < 1.29 is 4.79 Å². The second-order valence-corrected chi connectivity index (χ2v) is 5.00. The Kier molecular flexibility index (Phi) is 3.71. The molecular weight excluding hydrogens is 214 g/mol. The van der Waals surface area contributed by atoms with Crippen LogP contribution in [0.15, 0.2) is 12.4 Å². The molecule has 1 aliphatic carbocycles. The van der Waals surface area contributed by atoms with Crippen molar-refractivity contribution in [3.63, 3.8) is 0 Å². The van der Waals surface area contributed by atoms with Crippen LogP contribution in [0.2, 0.25) is 0 Å². The van der Waals surface area contributed by atoms with Gasteiger partial charge >= 0.3 is 0 Å². The molecule has 1 fully saturated rings. The minimum atomic E-state index is -0.160. The molecule has 17 heavy (non-hydrogen) atoms. The van der Waals surface area contributed by atoms with Crippen molar-refractivity contribution in [2.45, 2.75) is 39.0 Å². The molecule has 1 heterocycles. The Morgan fingerprint density at radius 1 is 1.41 bits per heavy atom. The maximum absolute atomic E-state index is 11.7. The fourth-order valence-corrected chi connectivity index (χ4v) is 1.77. The van der Waals surface area contributed by atoms with Crippen molar-refractivity contribution in [2.24, 2.45) is 5.92 Å². The Hall–Kier alpha value is -1.45. The summed E-state index contributed by atoms with van der Waals surface area (Å²) in [5, 5.41) is 2.89. The Balaban J connectivity index is 1.89. The van der Waals surface area contributed by atoms with Crippen molar-refractivity contribution in [3.05, 3.63) is 23.8 Å². The van der Waals surface area contributed by atoms with Crippen molar-refractivity contribution in [1.29, 1.82) is 0 Å². The Bertz CT molecular complexity index is 382. The van der Waals surface area contributed by atoms with Crippen LogP contribution in [-0.2, 0) is 0 Å². The predicted molar refractivity (Wildman–Crippen MR) is 65.8 cm³/mol. The van der Waals surface area contributed by atoms with Crippen molar-refractivity contribution in [3.8, 4) is 0 Å². The molecule has 4 nitrogen and oxygen atoms in total. The van der Waals surface area contributed by atoms with Gasteiger partial charge in [0.2, 0.25) is 5.82 Å². The third kappa shape index (κ3) is 3.02. The molecule has 1 aromatic heterocycles. The van der Waals surface area contributed by atoms with Crippen LogP contribution >= 0.6 is 0 Å². The Morgan fingerprint density at radius 3 is 2.53 bits per heavy atom. The van der Waals surface area contributed by atoms with Gasteiger partial charge in [-0.1, -0.05) is 20.3 Å². The molecule has 92 valence electrons. The fraction of sp³-hybridized carbons (Fsp3) is 0.615. The van der Waals surface area contributed by atoms with Crippen LogP contribution in [0.25, 0.3) is 0 Å². The minimum Gasteiger partial charge on any atom is -0.349 e. The lowest BCUT2D eigenvalue weighted by Crippen LogP contribution is -2.33. The number of aromatic nitrogens is 2. The van der Waals surface area contributed by atoms with Crippen LogP contribution in [0.3, 0.4) is 0 Å². The zero-order valence-electron chi connectivity index (χ0n) is 10.4. The van der Waals surface area contributed by atoms with E-state index in [1.165, 1.54) is 19.3 Å². The molecule has 1 saturated carbocycles. The first-order chi connectivity index (χ1) is 8.16. The van der Waals surface area contributed by atoms with E-state index in [0.29, 0.717) is 11.8 Å². The Morgan fingerprint density at radius 2 is 2.06 bits per heavy atom. The molecule has 1 aromatic rings. The van der Waals surface area contributed by atoms with Gasteiger partial charge in [-0.2, -0.15) is 0 Å². The maximum Gasteiger partial charge on any atom is 0.289 e. The molecule has 1 N–H and O–H groups in total. The number of carbonyl (C=O) groups is 1. The second-order valence-electron chi connectivity index (χ2n) is 5.00. The van der Waals surface area contributed by atoms with Gasteiger partial charge in [-0.05, 0) is 30.2 Å². The number of hydrogen-bond acceptors (Lipinski definition) is 3. The van der Waals surface area contributed by atoms with Crippen LogP contribution in [0, 0.1) is 5.92 Å². The van der Waals surface area contributed by atoms with E-state index in [1.807, 2.05) is 0 Å². The quantitative estimate of drug-likeness (QED) is 0.866. The highest BCUT2D eigenvalue weighted by Gasteiger charge is 2.19. The van der Waals surface area contributed by atoms with Gasteiger partial charge in [0.05, 0.1) is 0 Å². The summed E-state index contributed by atoms with van der Waals surface area (Å²) in [5.74, 6) is 1.16. The first-order valence-corrected chi connectivity index (χ1v) is 6.27. The number of carbonyl (C=O) groups excluding carboxylic acids is 1. The molecule has 0 saturated heterocycles. The molecule has 0 aromatic carbocycles. The average molecular weight is 233 g/mol. The van der Waals surface area contributed by atoms with Crippen LogP contribution in [0.1, 0.15) is 55.2 Å². The van der Waals surface area contributed by atoms with Gasteiger partial charge < -0.3 is 5.32 Å². The fourth-order valence-electron chi connectivity index (χ4n) is 1.77. The second kappa shape index (κ2) is 5.25. The normalized spacial score (nSPS) is 15.7. The smallest absolute Gasteiger partial charge is 0.289 e. The number of hydrogen-bond donors (Lipinski definition) is 1. The standard InChI is InChI=1S/C13H19N3O/c1-9(2)11-7-14-12(15-8-11)13(17)16-6-10-4-3-5-10/h7-10H,3-6H2,1-2H3,(H,16,17). The molecule has 0 bridgehead atoms. The monoisotopic (exact) mass is 233 g/mol. The van der Waals surface area contributed by atoms with Crippen molar-refractivity contribution in [2.75, 3.05) is 6.54 Å². The molecule has 0 spiro atoms. The van der Waals surface area contributed by atoms with Crippen LogP contribution < -0.4 is 5.32 Å². The van der Waals surface area contributed by atoms with Crippen molar-refractivity contribution in [1.82, 2.24) is 15.3 Å². The van der Waals surface area contributed by atoms with Crippen LogP contribution in [-0.4, -0.2) is 22.4 Å². The van der Waals surface area contributed by atoms with E-state index in [2.05, 4.69) is 29.1 Å². The summed E-state index contributed by atoms with van der Waals surface area (Å²) in [6.07, 6.45) is 7.22. The zero-order valence-corrected chi connectivity index (χ0v) is 10.4. The summed E-state index contributed by atoms with van der Waals surface area (Å²) in [6.45, 7) is 4.91. The summed E-state index contributed by atoms with van der Waals surface area (Å²) in [6, 6.07) is 0. The highest BCUT2D eigenvalue weighted by atomic mass is 16.2. The molecule has 0 unspecified atom stereocenters. The Labute approximate surface area is 102 Å². The number of amides is 1. The third-order valence-corrected chi connectivity index (χ3v) is 3.32. The summed E-state index contributed by atoms with van der Waals surface area (Å²) in [5.41, 5.74) is 1.06. The average Bonchev–Trinajstić information content (AvgIpc) is 2.27. The molecular formula is C13H19N3O. The topological polar surface area (TPSA) is 54.9 Å². The largest absolute Gasteiger partial charge is 0.349 e. The SMILES string of the molecule is CC(C)c1cnc(C(=O)NCC2CCC2)nc1. The van der Waals surface area contributed by atoms with E-state index >= 15 is 0 Å². The lowest BCUT2D eigenvalue weighted by atomic mass is 9.85. The van der Waals surface area contributed by atoms with Gasteiger partial charge in [-0.15, -0.1) is 0 Å². The van der Waals surface area contributed by atoms with Crippen LogP contribution in [0.5, 0.6) is 0 Å². The van der Waals surface area contributed by atoms with E-state index < -0.39 is 0 Å². The maximum atomic E-state index is 11.7. The summed E-state index contributed by atoms with van der Waals surface area (Å²) in [7, 11) is 0. The van der Waals surface area contributed by atoms with E-state index in [-0.39, 0.29) is 11.7 Å². The number of nitrogens with one attached hydrogen (secondary N) is 1. The molecule has 0 atom stereocenters. The molecule has 1 amide bonds. The predicted octanol–water partition coefficient (Wildman–Crippen LogP) is 2.13. The summed E-state index contributed by atoms with van der Waals surface area (Å²) in [4.78, 5) is 19.9. The van der Waals surface area contributed by atoms with Crippen molar-refractivity contribution >= 4 is 5.91 Å². The van der Waals surface area contributed by atoms with Gasteiger partial charge in [0.1, 0.15) is 0 Å². The van der Waals surface area contributed by atoms with Gasteiger partial charge in [-0.25, -0.2) is 9.97 Å². The van der Waals surface area contributed by atoms with E-state index in [1.54, 1.807) is 12.4 Å². The first-order valence-electron chi connectivity index (χ1n) is 6.27. The number of nitrogens with zero attached hydrogens (tertiary/aromatic N) is 2. The van der Waals surface area contributed by atoms with E-state index in [9.17, 15) is 4.79 Å². The molecule has 1 aliphatic rings. The van der Waals surface area contributed by atoms with E-state index in [0.717, 1.165) is 12.1 Å². The molecule has 4 heteroatoms. The zero-order chi connectivity index (χ0) is 12.3. The van der Waals surface area contributed by atoms with Gasteiger partial charge in [-0.3, -0.25) is 4.79 Å². The summed E-state index contributed by atoms with van der Waals surface area (Å²) >= 11 is 0. The lowest BCUT2D eigenvalue weighted by molar-refractivity contribution is 0.0928. The summed E-state index contributed by atoms with van der Waals surface area (Å²) < 4.78 is 0. The first kappa shape index (κ1) is 12.0.